The van der Waals surface area contributed by atoms with E-state index in [2.05, 4.69) is 27.0 Å². The zero-order chi connectivity index (χ0) is 14.8. The highest BCUT2D eigenvalue weighted by atomic mass is 79.9. The van der Waals surface area contributed by atoms with Crippen molar-refractivity contribution in [2.24, 2.45) is 0 Å². The zero-order valence-corrected chi connectivity index (χ0v) is 12.5. The van der Waals surface area contributed by atoms with Crippen molar-refractivity contribution < 1.29 is 4.39 Å². The average molecular weight is 341 g/mol. The minimum absolute atomic E-state index is 0.300. The lowest BCUT2D eigenvalue weighted by Crippen LogP contribution is -1.87. The highest BCUT2D eigenvalue weighted by Gasteiger charge is 2.09. The maximum absolute atomic E-state index is 13.8. The molecule has 4 heteroatoms. The summed E-state index contributed by atoms with van der Waals surface area (Å²) in [4.78, 5) is 3.14. The zero-order valence-electron chi connectivity index (χ0n) is 10.9. The molecular formula is C17H10BrFN2. The van der Waals surface area contributed by atoms with Crippen LogP contribution in [0.4, 0.5) is 4.39 Å². The van der Waals surface area contributed by atoms with Crippen LogP contribution in [-0.4, -0.2) is 4.98 Å². The van der Waals surface area contributed by atoms with Crippen LogP contribution in [0.3, 0.4) is 0 Å². The molecular weight excluding hydrogens is 331 g/mol. The van der Waals surface area contributed by atoms with Crippen LogP contribution in [0.5, 0.6) is 0 Å². The number of hydrogen-bond acceptors (Lipinski definition) is 1. The predicted molar refractivity (Wildman–Crippen MR) is 85.9 cm³/mol. The van der Waals surface area contributed by atoms with Crippen molar-refractivity contribution >= 4 is 38.5 Å². The number of nitrogens with one attached hydrogen (secondary N) is 1. The van der Waals surface area contributed by atoms with Crippen molar-refractivity contribution in [3.05, 3.63) is 70.1 Å². The van der Waals surface area contributed by atoms with Gasteiger partial charge in [0.1, 0.15) is 5.82 Å². The summed E-state index contributed by atoms with van der Waals surface area (Å²) in [6, 6.07) is 14.2. The Morgan fingerprint density at radius 2 is 2.05 bits per heavy atom. The van der Waals surface area contributed by atoms with Crippen molar-refractivity contribution in [1.82, 2.24) is 4.98 Å². The molecule has 0 radical (unpaired) electrons. The summed E-state index contributed by atoms with van der Waals surface area (Å²) in [7, 11) is 0. The number of nitriles is 1. The molecule has 102 valence electrons. The number of H-pyrrole nitrogens is 1. The van der Waals surface area contributed by atoms with E-state index in [1.807, 2.05) is 24.4 Å². The molecule has 2 aromatic carbocycles. The average Bonchev–Trinajstić information content (AvgIpc) is 2.88. The monoisotopic (exact) mass is 340 g/mol. The number of fused-ring (bicyclic) bond motifs is 1. The second-order valence-electron chi connectivity index (χ2n) is 4.58. The molecule has 21 heavy (non-hydrogen) atoms. The lowest BCUT2D eigenvalue weighted by molar-refractivity contribution is 0.624. The van der Waals surface area contributed by atoms with Crippen LogP contribution in [0.15, 0.2) is 53.1 Å². The third-order valence-corrected chi connectivity index (χ3v) is 3.75. The van der Waals surface area contributed by atoms with Gasteiger partial charge < -0.3 is 4.98 Å². The Morgan fingerprint density at radius 1 is 1.24 bits per heavy atom. The first-order valence-corrected chi connectivity index (χ1v) is 7.11. The smallest absolute Gasteiger partial charge is 0.131 e. The first-order valence-electron chi connectivity index (χ1n) is 6.32. The molecule has 0 saturated heterocycles. The minimum atomic E-state index is -0.397. The van der Waals surface area contributed by atoms with E-state index in [-0.39, 0.29) is 0 Å². The molecule has 0 aliphatic rings. The normalized spacial score (nSPS) is 11.6. The Hall–Kier alpha value is -2.38. The second kappa shape index (κ2) is 5.55. The predicted octanol–water partition coefficient (Wildman–Crippen LogP) is 5.13. The molecule has 3 aromatic rings. The Bertz CT molecular complexity index is 887. The molecule has 0 aliphatic carbocycles. The quantitative estimate of drug-likeness (QED) is 0.645. The topological polar surface area (TPSA) is 39.6 Å². The number of aromatic amines is 1. The summed E-state index contributed by atoms with van der Waals surface area (Å²) in [5.74, 6) is -0.397. The van der Waals surface area contributed by atoms with E-state index in [9.17, 15) is 9.65 Å². The van der Waals surface area contributed by atoms with Crippen molar-refractivity contribution in [2.45, 2.75) is 0 Å². The van der Waals surface area contributed by atoms with E-state index in [1.165, 1.54) is 6.07 Å². The largest absolute Gasteiger partial charge is 0.361 e. The molecule has 0 spiro atoms. The van der Waals surface area contributed by atoms with Gasteiger partial charge in [-0.2, -0.15) is 5.26 Å². The summed E-state index contributed by atoms with van der Waals surface area (Å²) in [6.45, 7) is 0. The first kappa shape index (κ1) is 13.6. The number of aromatic nitrogens is 1. The molecule has 0 fully saturated rings. The van der Waals surface area contributed by atoms with Gasteiger partial charge in [0.2, 0.25) is 0 Å². The number of halogens is 2. The van der Waals surface area contributed by atoms with E-state index in [4.69, 9.17) is 0 Å². The lowest BCUT2D eigenvalue weighted by atomic mass is 10.0. The molecule has 0 amide bonds. The Labute approximate surface area is 129 Å². The summed E-state index contributed by atoms with van der Waals surface area (Å²) in [5.41, 5.74) is 2.43. The summed E-state index contributed by atoms with van der Waals surface area (Å²) in [6.07, 6.45) is 3.51. The van der Waals surface area contributed by atoms with Crippen molar-refractivity contribution in [1.29, 1.82) is 5.26 Å². The van der Waals surface area contributed by atoms with E-state index in [0.717, 1.165) is 20.9 Å². The Kier molecular flexibility index (Phi) is 3.59. The molecule has 0 saturated carbocycles. The first-order chi connectivity index (χ1) is 10.2. The van der Waals surface area contributed by atoms with Gasteiger partial charge in [-0.1, -0.05) is 34.1 Å². The standard InChI is InChI=1S/C17H10BrFN2/c18-13-5-6-17-15(8-13)12(10-21-17)7-11(9-20)14-3-1-2-4-16(14)19/h1-8,10,21H/b11-7-. The molecule has 0 bridgehead atoms. The third kappa shape index (κ3) is 2.61. The van der Waals surface area contributed by atoms with Gasteiger partial charge in [0.15, 0.2) is 0 Å². The Morgan fingerprint density at radius 3 is 2.81 bits per heavy atom. The van der Waals surface area contributed by atoms with E-state index in [1.54, 1.807) is 24.3 Å². The molecule has 2 nitrogen and oxygen atoms in total. The third-order valence-electron chi connectivity index (χ3n) is 3.26. The van der Waals surface area contributed by atoms with Crippen LogP contribution in [0, 0.1) is 17.1 Å². The maximum Gasteiger partial charge on any atom is 0.131 e. The molecule has 0 atom stereocenters. The van der Waals surface area contributed by atoms with Crippen LogP contribution < -0.4 is 0 Å². The van der Waals surface area contributed by atoms with E-state index >= 15 is 0 Å². The fourth-order valence-corrected chi connectivity index (χ4v) is 2.60. The molecule has 1 N–H and O–H groups in total. The van der Waals surface area contributed by atoms with Crippen LogP contribution in [0.1, 0.15) is 11.1 Å². The number of rotatable bonds is 2. The van der Waals surface area contributed by atoms with Crippen LogP contribution >= 0.6 is 15.9 Å². The summed E-state index contributed by atoms with van der Waals surface area (Å²) >= 11 is 3.43. The van der Waals surface area contributed by atoms with Gasteiger partial charge in [-0.3, -0.25) is 0 Å². The molecule has 3 rings (SSSR count). The second-order valence-corrected chi connectivity index (χ2v) is 5.50. The van der Waals surface area contributed by atoms with Gasteiger partial charge in [0, 0.05) is 32.7 Å². The highest BCUT2D eigenvalue weighted by Crippen LogP contribution is 2.27. The minimum Gasteiger partial charge on any atom is -0.361 e. The lowest BCUT2D eigenvalue weighted by Gasteiger charge is -2.01. The van der Waals surface area contributed by atoms with Gasteiger partial charge in [-0.05, 0) is 30.3 Å². The van der Waals surface area contributed by atoms with Crippen molar-refractivity contribution in [3.8, 4) is 6.07 Å². The molecule has 0 unspecified atom stereocenters. The fourth-order valence-electron chi connectivity index (χ4n) is 2.24. The van der Waals surface area contributed by atoms with Crippen LogP contribution in [0.2, 0.25) is 0 Å². The molecule has 1 heterocycles. The highest BCUT2D eigenvalue weighted by molar-refractivity contribution is 9.10. The van der Waals surface area contributed by atoms with Gasteiger partial charge in [-0.25, -0.2) is 4.39 Å². The van der Waals surface area contributed by atoms with Gasteiger partial charge in [-0.15, -0.1) is 0 Å². The van der Waals surface area contributed by atoms with Gasteiger partial charge in [0.05, 0.1) is 11.6 Å². The number of allylic oxidation sites excluding steroid dienone is 1. The Balaban J connectivity index is 2.16. The van der Waals surface area contributed by atoms with E-state index < -0.39 is 5.82 Å². The van der Waals surface area contributed by atoms with Crippen molar-refractivity contribution in [3.63, 3.8) is 0 Å². The molecule has 1 aromatic heterocycles. The number of benzene rings is 2. The van der Waals surface area contributed by atoms with Crippen LogP contribution in [0.25, 0.3) is 22.6 Å². The van der Waals surface area contributed by atoms with Crippen molar-refractivity contribution in [2.75, 3.05) is 0 Å². The number of nitrogens with zero attached hydrogens (tertiary/aromatic N) is 1. The van der Waals surface area contributed by atoms with Gasteiger partial charge >= 0.3 is 0 Å². The van der Waals surface area contributed by atoms with Gasteiger partial charge in [0.25, 0.3) is 0 Å². The number of hydrogen-bond donors (Lipinski definition) is 1. The van der Waals surface area contributed by atoms with Crippen LogP contribution in [-0.2, 0) is 0 Å². The fraction of sp³-hybridized carbons (Fsp3) is 0. The summed E-state index contributed by atoms with van der Waals surface area (Å²) in [5, 5.41) is 10.3. The molecule has 0 aliphatic heterocycles. The van der Waals surface area contributed by atoms with E-state index in [0.29, 0.717) is 11.1 Å². The SMILES string of the molecule is N#C/C(=C/c1c[nH]c2ccc(Br)cc12)c1ccccc1F. The maximum atomic E-state index is 13.8. The summed E-state index contributed by atoms with van der Waals surface area (Å²) < 4.78 is 14.8.